The number of carbonyl (C=O) groups excluding carboxylic acids is 1. The average molecular weight is 284 g/mol. The number of aromatic nitrogens is 2. The van der Waals surface area contributed by atoms with Crippen LogP contribution < -0.4 is 11.1 Å². The molecule has 2 heterocycles. The van der Waals surface area contributed by atoms with Gasteiger partial charge in [0.05, 0.1) is 11.4 Å². The van der Waals surface area contributed by atoms with Gasteiger partial charge in [0.15, 0.2) is 5.76 Å². The molecule has 0 spiro atoms. The van der Waals surface area contributed by atoms with Crippen LogP contribution in [0.25, 0.3) is 11.0 Å². The highest BCUT2D eigenvalue weighted by Gasteiger charge is 2.15. The number of fused-ring (bicyclic) bond motifs is 1. The SMILES string of the molecule is CCc1nn(C)cc1NC(=O)c1cc2cc(N)ccc2o1. The molecule has 0 atom stereocenters. The van der Waals surface area contributed by atoms with E-state index in [1.165, 1.54) is 0 Å². The van der Waals surface area contributed by atoms with E-state index in [1.54, 1.807) is 35.1 Å². The highest BCUT2D eigenvalue weighted by Crippen LogP contribution is 2.23. The molecule has 0 aliphatic carbocycles. The summed E-state index contributed by atoms with van der Waals surface area (Å²) < 4.78 is 7.22. The summed E-state index contributed by atoms with van der Waals surface area (Å²) in [5.74, 6) is -0.0472. The summed E-state index contributed by atoms with van der Waals surface area (Å²) in [6.07, 6.45) is 2.52. The summed E-state index contributed by atoms with van der Waals surface area (Å²) in [5.41, 5.74) is 8.53. The molecule has 2 aromatic heterocycles. The number of nitrogen functional groups attached to an aromatic ring is 1. The van der Waals surface area contributed by atoms with Crippen LogP contribution in [-0.2, 0) is 13.5 Å². The maximum absolute atomic E-state index is 12.3. The van der Waals surface area contributed by atoms with Crippen molar-refractivity contribution in [3.8, 4) is 0 Å². The predicted octanol–water partition coefficient (Wildman–Crippen LogP) is 2.56. The molecule has 0 aliphatic rings. The Morgan fingerprint density at radius 2 is 2.24 bits per heavy atom. The Balaban J connectivity index is 1.89. The Hall–Kier alpha value is -2.76. The maximum Gasteiger partial charge on any atom is 0.291 e. The van der Waals surface area contributed by atoms with E-state index in [2.05, 4.69) is 10.4 Å². The number of hydrogen-bond acceptors (Lipinski definition) is 4. The summed E-state index contributed by atoms with van der Waals surface area (Å²) in [6.45, 7) is 1.99. The first-order valence-corrected chi connectivity index (χ1v) is 6.69. The third-order valence-electron chi connectivity index (χ3n) is 3.25. The molecule has 3 aromatic rings. The second-order valence-corrected chi connectivity index (χ2v) is 4.88. The van der Waals surface area contributed by atoms with Crippen LogP contribution in [0.3, 0.4) is 0 Å². The lowest BCUT2D eigenvalue weighted by Gasteiger charge is -2.01. The minimum Gasteiger partial charge on any atom is -0.451 e. The van der Waals surface area contributed by atoms with E-state index in [0.717, 1.165) is 17.5 Å². The minimum atomic E-state index is -0.299. The van der Waals surface area contributed by atoms with Gasteiger partial charge in [0.25, 0.3) is 5.91 Å². The Morgan fingerprint density at radius 1 is 1.43 bits per heavy atom. The zero-order valence-electron chi connectivity index (χ0n) is 11.9. The third kappa shape index (κ3) is 2.47. The molecule has 0 fully saturated rings. The van der Waals surface area contributed by atoms with Crippen molar-refractivity contribution in [1.82, 2.24) is 9.78 Å². The van der Waals surface area contributed by atoms with Gasteiger partial charge in [-0.2, -0.15) is 5.10 Å². The third-order valence-corrected chi connectivity index (χ3v) is 3.25. The molecule has 3 N–H and O–H groups in total. The van der Waals surface area contributed by atoms with Gasteiger partial charge < -0.3 is 15.5 Å². The monoisotopic (exact) mass is 284 g/mol. The first-order chi connectivity index (χ1) is 10.1. The van der Waals surface area contributed by atoms with Gasteiger partial charge >= 0.3 is 0 Å². The second-order valence-electron chi connectivity index (χ2n) is 4.88. The lowest BCUT2D eigenvalue weighted by molar-refractivity contribution is 0.0998. The molecule has 0 radical (unpaired) electrons. The van der Waals surface area contributed by atoms with E-state index >= 15 is 0 Å². The van der Waals surface area contributed by atoms with Crippen molar-refractivity contribution in [1.29, 1.82) is 0 Å². The number of nitrogens with one attached hydrogen (secondary N) is 1. The van der Waals surface area contributed by atoms with Crippen LogP contribution in [0.5, 0.6) is 0 Å². The van der Waals surface area contributed by atoms with Crippen LogP contribution in [-0.4, -0.2) is 15.7 Å². The Labute approximate surface area is 121 Å². The average Bonchev–Trinajstić information content (AvgIpc) is 3.01. The van der Waals surface area contributed by atoms with Crippen molar-refractivity contribution in [3.63, 3.8) is 0 Å². The highest BCUT2D eigenvalue weighted by atomic mass is 16.3. The van der Waals surface area contributed by atoms with E-state index in [4.69, 9.17) is 10.2 Å². The van der Waals surface area contributed by atoms with Crippen LogP contribution in [0.2, 0.25) is 0 Å². The zero-order valence-corrected chi connectivity index (χ0v) is 11.9. The fourth-order valence-electron chi connectivity index (χ4n) is 2.26. The molecule has 0 saturated carbocycles. The molecule has 1 aromatic carbocycles. The van der Waals surface area contributed by atoms with Crippen LogP contribution in [0, 0.1) is 0 Å². The zero-order chi connectivity index (χ0) is 15.0. The molecule has 21 heavy (non-hydrogen) atoms. The minimum absolute atomic E-state index is 0.251. The Bertz CT molecular complexity index is 816. The molecule has 0 bridgehead atoms. The van der Waals surface area contributed by atoms with Crippen LogP contribution in [0.1, 0.15) is 23.2 Å². The Kier molecular flexibility index (Phi) is 3.13. The number of benzene rings is 1. The van der Waals surface area contributed by atoms with Crippen LogP contribution in [0.15, 0.2) is 34.9 Å². The summed E-state index contributed by atoms with van der Waals surface area (Å²) >= 11 is 0. The van der Waals surface area contributed by atoms with Gasteiger partial charge in [-0.1, -0.05) is 6.92 Å². The van der Waals surface area contributed by atoms with Crippen molar-refractivity contribution < 1.29 is 9.21 Å². The van der Waals surface area contributed by atoms with Gasteiger partial charge in [-0.15, -0.1) is 0 Å². The maximum atomic E-state index is 12.3. The standard InChI is InChI=1S/C15H16N4O2/c1-3-11-12(8-19(2)18-11)17-15(20)14-7-9-6-10(16)4-5-13(9)21-14/h4-8H,3,16H2,1-2H3,(H,17,20). The number of rotatable bonds is 3. The topological polar surface area (TPSA) is 86.1 Å². The van der Waals surface area contributed by atoms with E-state index in [1.807, 2.05) is 14.0 Å². The van der Waals surface area contributed by atoms with Gasteiger partial charge in [-0.3, -0.25) is 9.48 Å². The van der Waals surface area contributed by atoms with E-state index < -0.39 is 0 Å². The predicted molar refractivity (Wildman–Crippen MR) is 81.2 cm³/mol. The number of anilines is 2. The fraction of sp³-hybridized carbons (Fsp3) is 0.200. The van der Waals surface area contributed by atoms with Crippen molar-refractivity contribution >= 4 is 28.3 Å². The molecular formula is C15H16N4O2. The summed E-state index contributed by atoms with van der Waals surface area (Å²) in [5, 5.41) is 7.92. The van der Waals surface area contributed by atoms with Crippen LogP contribution >= 0.6 is 0 Å². The second kappa shape index (κ2) is 4.97. The fourth-order valence-corrected chi connectivity index (χ4v) is 2.26. The van der Waals surface area contributed by atoms with Crippen LogP contribution in [0.4, 0.5) is 11.4 Å². The van der Waals surface area contributed by atoms with Crippen molar-refractivity contribution in [2.24, 2.45) is 7.05 Å². The molecule has 6 nitrogen and oxygen atoms in total. The van der Waals surface area contributed by atoms with Gasteiger partial charge in [0.1, 0.15) is 5.58 Å². The molecule has 1 amide bonds. The van der Waals surface area contributed by atoms with Crippen molar-refractivity contribution in [3.05, 3.63) is 41.9 Å². The van der Waals surface area contributed by atoms with Crippen molar-refractivity contribution in [2.45, 2.75) is 13.3 Å². The first kappa shape index (κ1) is 13.2. The number of amides is 1. The molecular weight excluding hydrogens is 268 g/mol. The summed E-state index contributed by atoms with van der Waals surface area (Å²) in [6, 6.07) is 6.95. The van der Waals surface area contributed by atoms with Gasteiger partial charge in [0.2, 0.25) is 0 Å². The molecule has 0 aliphatic heterocycles. The van der Waals surface area contributed by atoms with E-state index in [0.29, 0.717) is 17.0 Å². The lowest BCUT2D eigenvalue weighted by atomic mass is 10.2. The van der Waals surface area contributed by atoms with Gasteiger partial charge in [-0.25, -0.2) is 0 Å². The molecule has 108 valence electrons. The van der Waals surface area contributed by atoms with E-state index in [9.17, 15) is 4.79 Å². The Morgan fingerprint density at radius 3 is 3.00 bits per heavy atom. The summed E-state index contributed by atoms with van der Waals surface area (Å²) in [4.78, 5) is 12.3. The molecule has 3 rings (SSSR count). The number of nitrogens with zero attached hydrogens (tertiary/aromatic N) is 2. The number of hydrogen-bond donors (Lipinski definition) is 2. The van der Waals surface area contributed by atoms with Gasteiger partial charge in [-0.05, 0) is 30.7 Å². The summed E-state index contributed by atoms with van der Waals surface area (Å²) in [7, 11) is 1.82. The molecule has 0 saturated heterocycles. The highest BCUT2D eigenvalue weighted by molar-refractivity contribution is 6.05. The normalized spacial score (nSPS) is 11.0. The van der Waals surface area contributed by atoms with E-state index in [-0.39, 0.29) is 11.7 Å². The largest absolute Gasteiger partial charge is 0.451 e. The number of nitrogens with two attached hydrogens (primary N) is 1. The quantitative estimate of drug-likeness (QED) is 0.724. The lowest BCUT2D eigenvalue weighted by Crippen LogP contribution is -2.11. The number of aryl methyl sites for hydroxylation is 2. The van der Waals surface area contributed by atoms with Gasteiger partial charge in [0, 0.05) is 24.3 Å². The first-order valence-electron chi connectivity index (χ1n) is 6.69. The molecule has 0 unspecified atom stereocenters. The molecule has 6 heteroatoms. The van der Waals surface area contributed by atoms with Crippen molar-refractivity contribution in [2.75, 3.05) is 11.1 Å². The smallest absolute Gasteiger partial charge is 0.291 e. The number of furan rings is 1. The number of carbonyl (C=O) groups is 1.